The Kier molecular flexibility index (Phi) is 5.71. The third-order valence-electron chi connectivity index (χ3n) is 3.16. The fourth-order valence-corrected chi connectivity index (χ4v) is 2.17. The Morgan fingerprint density at radius 1 is 1.43 bits per heavy atom. The predicted octanol–water partition coefficient (Wildman–Crippen LogP) is 0.753. The Morgan fingerprint density at radius 2 is 2.29 bits per heavy atom. The van der Waals surface area contributed by atoms with Crippen molar-refractivity contribution in [2.45, 2.75) is 19.4 Å². The number of anilines is 1. The van der Waals surface area contributed by atoms with Gasteiger partial charge in [-0.15, -0.1) is 0 Å². The van der Waals surface area contributed by atoms with Gasteiger partial charge in [0.25, 0.3) is 5.91 Å². The summed E-state index contributed by atoms with van der Waals surface area (Å²) in [7, 11) is 0. The monoisotopic (exact) mass is 291 g/mol. The summed E-state index contributed by atoms with van der Waals surface area (Å²) < 4.78 is 5.49. The van der Waals surface area contributed by atoms with E-state index in [0.29, 0.717) is 37.4 Å². The minimum Gasteiger partial charge on any atom is -0.375 e. The number of carbonyl (C=O) groups excluding carboxylic acids is 2. The van der Waals surface area contributed by atoms with Gasteiger partial charge in [-0.2, -0.15) is 0 Å². The molecule has 0 bridgehead atoms. The molecule has 0 radical (unpaired) electrons. The number of ether oxygens (including phenoxy) is 1. The van der Waals surface area contributed by atoms with Gasteiger partial charge in [0.15, 0.2) is 0 Å². The van der Waals surface area contributed by atoms with Crippen LogP contribution in [0.3, 0.4) is 0 Å². The third-order valence-corrected chi connectivity index (χ3v) is 3.16. The summed E-state index contributed by atoms with van der Waals surface area (Å²) in [5.41, 5.74) is 1.15. The number of benzene rings is 1. The van der Waals surface area contributed by atoms with E-state index < -0.39 is 0 Å². The lowest BCUT2D eigenvalue weighted by Crippen LogP contribution is -2.40. The predicted molar refractivity (Wildman–Crippen MR) is 80.3 cm³/mol. The van der Waals surface area contributed by atoms with E-state index in [2.05, 4.69) is 16.0 Å². The smallest absolute Gasteiger partial charge is 0.251 e. The number of hydrogen-bond acceptors (Lipinski definition) is 4. The maximum atomic E-state index is 12.0. The zero-order chi connectivity index (χ0) is 15.1. The van der Waals surface area contributed by atoms with E-state index >= 15 is 0 Å². The van der Waals surface area contributed by atoms with Crippen LogP contribution in [0, 0.1) is 0 Å². The van der Waals surface area contributed by atoms with Gasteiger partial charge < -0.3 is 20.7 Å². The lowest BCUT2D eigenvalue weighted by Gasteiger charge is -2.23. The van der Waals surface area contributed by atoms with Crippen molar-refractivity contribution in [3.63, 3.8) is 0 Å². The maximum Gasteiger partial charge on any atom is 0.251 e. The SMILES string of the molecule is CCNC(=O)c1cccc(NC(=O)CC2CNCCO2)c1. The summed E-state index contributed by atoms with van der Waals surface area (Å²) in [6.07, 6.45) is 0.212. The quantitative estimate of drug-likeness (QED) is 0.748. The van der Waals surface area contributed by atoms with Crippen LogP contribution in [0.2, 0.25) is 0 Å². The van der Waals surface area contributed by atoms with E-state index in [-0.39, 0.29) is 17.9 Å². The van der Waals surface area contributed by atoms with E-state index in [0.717, 1.165) is 6.54 Å². The van der Waals surface area contributed by atoms with Crippen molar-refractivity contribution in [1.29, 1.82) is 0 Å². The van der Waals surface area contributed by atoms with Gasteiger partial charge in [0, 0.05) is 30.9 Å². The second-order valence-electron chi connectivity index (χ2n) is 4.89. The molecule has 1 aromatic carbocycles. The van der Waals surface area contributed by atoms with Crippen LogP contribution in [0.1, 0.15) is 23.7 Å². The van der Waals surface area contributed by atoms with Crippen molar-refractivity contribution in [2.75, 3.05) is 31.6 Å². The van der Waals surface area contributed by atoms with Gasteiger partial charge in [0.1, 0.15) is 0 Å². The van der Waals surface area contributed by atoms with Crippen LogP contribution in [-0.4, -0.2) is 44.2 Å². The van der Waals surface area contributed by atoms with E-state index in [1.54, 1.807) is 24.3 Å². The third kappa shape index (κ3) is 4.84. The van der Waals surface area contributed by atoms with Crippen LogP contribution >= 0.6 is 0 Å². The van der Waals surface area contributed by atoms with Crippen molar-refractivity contribution in [1.82, 2.24) is 10.6 Å². The van der Waals surface area contributed by atoms with Gasteiger partial charge in [-0.1, -0.05) is 6.07 Å². The molecule has 1 saturated heterocycles. The fourth-order valence-electron chi connectivity index (χ4n) is 2.17. The maximum absolute atomic E-state index is 12.0. The molecule has 1 aromatic rings. The Morgan fingerprint density at radius 3 is 3.00 bits per heavy atom. The minimum absolute atomic E-state index is 0.0923. The molecule has 0 aliphatic carbocycles. The highest BCUT2D eigenvalue weighted by Crippen LogP contribution is 2.12. The molecule has 1 fully saturated rings. The summed E-state index contributed by atoms with van der Waals surface area (Å²) in [5.74, 6) is -0.259. The van der Waals surface area contributed by atoms with Crippen LogP contribution in [0.25, 0.3) is 0 Å². The van der Waals surface area contributed by atoms with E-state index in [1.807, 2.05) is 6.92 Å². The van der Waals surface area contributed by atoms with E-state index in [9.17, 15) is 9.59 Å². The largest absolute Gasteiger partial charge is 0.375 e. The van der Waals surface area contributed by atoms with Crippen molar-refractivity contribution in [2.24, 2.45) is 0 Å². The molecule has 1 unspecified atom stereocenters. The molecule has 3 N–H and O–H groups in total. The van der Waals surface area contributed by atoms with Gasteiger partial charge in [-0.25, -0.2) is 0 Å². The second kappa shape index (κ2) is 7.75. The Bertz CT molecular complexity index is 499. The Labute approximate surface area is 124 Å². The molecule has 0 saturated carbocycles. The molecule has 114 valence electrons. The highest BCUT2D eigenvalue weighted by atomic mass is 16.5. The molecule has 1 aliphatic heterocycles. The van der Waals surface area contributed by atoms with E-state index in [1.165, 1.54) is 0 Å². The Balaban J connectivity index is 1.91. The normalized spacial score (nSPS) is 18.0. The lowest BCUT2D eigenvalue weighted by atomic mass is 10.1. The number of morpholine rings is 1. The molecule has 6 heteroatoms. The molecule has 21 heavy (non-hydrogen) atoms. The summed E-state index contributed by atoms with van der Waals surface area (Å²) in [6.45, 7) is 4.58. The number of amides is 2. The van der Waals surface area contributed by atoms with Gasteiger partial charge >= 0.3 is 0 Å². The summed E-state index contributed by atoms with van der Waals surface area (Å²) in [4.78, 5) is 23.7. The first kappa shape index (κ1) is 15.5. The summed E-state index contributed by atoms with van der Waals surface area (Å²) in [6, 6.07) is 6.90. The zero-order valence-corrected chi connectivity index (χ0v) is 12.1. The first-order valence-corrected chi connectivity index (χ1v) is 7.19. The minimum atomic E-state index is -0.145. The molecule has 1 heterocycles. The van der Waals surface area contributed by atoms with Crippen LogP contribution in [0.5, 0.6) is 0 Å². The van der Waals surface area contributed by atoms with Gasteiger partial charge in [-0.3, -0.25) is 9.59 Å². The highest BCUT2D eigenvalue weighted by molar-refractivity contribution is 5.97. The summed E-state index contributed by atoms with van der Waals surface area (Å²) in [5, 5.41) is 8.71. The average molecular weight is 291 g/mol. The lowest BCUT2D eigenvalue weighted by molar-refractivity contribution is -0.119. The molecule has 6 nitrogen and oxygen atoms in total. The van der Waals surface area contributed by atoms with Crippen LogP contribution < -0.4 is 16.0 Å². The summed E-state index contributed by atoms with van der Waals surface area (Å²) >= 11 is 0. The number of nitrogens with one attached hydrogen (secondary N) is 3. The molecule has 1 atom stereocenters. The molecular formula is C15H21N3O3. The van der Waals surface area contributed by atoms with Crippen molar-refractivity contribution in [3.8, 4) is 0 Å². The van der Waals surface area contributed by atoms with Gasteiger partial charge in [0.2, 0.25) is 5.91 Å². The first-order chi connectivity index (χ1) is 10.2. The van der Waals surface area contributed by atoms with Crippen LogP contribution in [0.4, 0.5) is 5.69 Å². The topological polar surface area (TPSA) is 79.5 Å². The molecule has 0 aromatic heterocycles. The molecule has 0 spiro atoms. The standard InChI is InChI=1S/C15H21N3O3/c1-2-17-15(20)11-4-3-5-12(8-11)18-14(19)9-13-10-16-6-7-21-13/h3-5,8,13,16H,2,6-7,9-10H2,1H3,(H,17,20)(H,18,19). The zero-order valence-electron chi connectivity index (χ0n) is 12.1. The molecule has 1 aliphatic rings. The molecule has 2 rings (SSSR count). The fraction of sp³-hybridized carbons (Fsp3) is 0.467. The van der Waals surface area contributed by atoms with Crippen molar-refractivity contribution >= 4 is 17.5 Å². The molecule has 2 amide bonds. The first-order valence-electron chi connectivity index (χ1n) is 7.19. The molecular weight excluding hydrogens is 270 g/mol. The number of rotatable bonds is 5. The second-order valence-corrected chi connectivity index (χ2v) is 4.89. The van der Waals surface area contributed by atoms with Crippen LogP contribution in [0.15, 0.2) is 24.3 Å². The van der Waals surface area contributed by atoms with Gasteiger partial charge in [0.05, 0.1) is 19.1 Å². The highest BCUT2D eigenvalue weighted by Gasteiger charge is 2.17. The Hall–Kier alpha value is -1.92. The number of carbonyl (C=O) groups is 2. The van der Waals surface area contributed by atoms with Gasteiger partial charge in [-0.05, 0) is 25.1 Å². The van der Waals surface area contributed by atoms with Crippen molar-refractivity contribution in [3.05, 3.63) is 29.8 Å². The average Bonchev–Trinajstić information content (AvgIpc) is 2.48. The van der Waals surface area contributed by atoms with Crippen molar-refractivity contribution < 1.29 is 14.3 Å². The number of hydrogen-bond donors (Lipinski definition) is 3. The van der Waals surface area contributed by atoms with E-state index in [4.69, 9.17) is 4.74 Å². The van der Waals surface area contributed by atoms with Crippen LogP contribution in [-0.2, 0) is 9.53 Å².